The number of rotatable bonds is 5. The minimum Gasteiger partial charge on any atom is -0.454 e. The van der Waals surface area contributed by atoms with Crippen molar-refractivity contribution in [3.05, 3.63) is 223 Å². The van der Waals surface area contributed by atoms with Crippen molar-refractivity contribution in [1.82, 2.24) is 4.57 Å². The zero-order chi connectivity index (χ0) is 37.5. The molecule has 0 aliphatic heterocycles. The Balaban J connectivity index is 1.01. The number of furan rings is 1. The summed E-state index contributed by atoms with van der Waals surface area (Å²) >= 11 is 0. The molecule has 1 aliphatic carbocycles. The summed E-state index contributed by atoms with van der Waals surface area (Å²) in [6.07, 6.45) is 0. The van der Waals surface area contributed by atoms with E-state index in [0.717, 1.165) is 38.7 Å². The lowest BCUT2D eigenvalue weighted by Crippen LogP contribution is -1.99. The average molecular weight is 726 g/mol. The Kier molecular flexibility index (Phi) is 7.02. The molecule has 2 aromatic heterocycles. The Morgan fingerprint density at radius 2 is 0.947 bits per heavy atom. The van der Waals surface area contributed by atoms with Crippen LogP contribution in [0, 0.1) is 0 Å². The molecule has 266 valence electrons. The Hall–Kier alpha value is -7.42. The molecule has 0 bridgehead atoms. The average Bonchev–Trinajstić information content (AvgIpc) is 3.94. The van der Waals surface area contributed by atoms with Gasteiger partial charge in [-0.2, -0.15) is 0 Å². The van der Waals surface area contributed by atoms with Gasteiger partial charge in [0.25, 0.3) is 0 Å². The van der Waals surface area contributed by atoms with E-state index < -0.39 is 0 Å². The van der Waals surface area contributed by atoms with E-state index in [-0.39, 0.29) is 5.92 Å². The van der Waals surface area contributed by atoms with Crippen molar-refractivity contribution >= 4 is 43.7 Å². The van der Waals surface area contributed by atoms with Gasteiger partial charge in [0.15, 0.2) is 5.58 Å². The van der Waals surface area contributed by atoms with E-state index in [1.54, 1.807) is 0 Å². The Morgan fingerprint density at radius 3 is 1.72 bits per heavy atom. The SMILES string of the molecule is c1ccc(-c2ccc(C3c4ccccc4-c4cc(-c5ccc6c(c5)c5ccc7c8ccccc8oc7c5n6-c5ccc(-c6ccccc6)cc5)ccc43)cc2)cc1. The number of aromatic nitrogens is 1. The smallest absolute Gasteiger partial charge is 0.160 e. The lowest BCUT2D eigenvalue weighted by Gasteiger charge is -2.15. The van der Waals surface area contributed by atoms with Crippen LogP contribution in [0.5, 0.6) is 0 Å². The van der Waals surface area contributed by atoms with Crippen LogP contribution < -0.4 is 0 Å². The van der Waals surface area contributed by atoms with E-state index in [1.165, 1.54) is 72.0 Å². The predicted molar refractivity (Wildman–Crippen MR) is 237 cm³/mol. The van der Waals surface area contributed by atoms with Gasteiger partial charge in [0.1, 0.15) is 5.58 Å². The van der Waals surface area contributed by atoms with E-state index in [2.05, 4.69) is 205 Å². The predicted octanol–water partition coefficient (Wildman–Crippen LogP) is 14.8. The standard InChI is InChI=1S/C55H35NO/c1-3-11-35(12-4-1)37-19-21-39(22-20-37)53-45-17-8-7-15-43(45)49-33-40(25-29-46(49)53)41-26-32-51-50(34-41)47-30-31-48-44-16-9-10-18-52(44)57-55(48)54(47)56(51)42-27-23-38(24-28-42)36-13-5-2-6-14-36/h1-34,53H. The summed E-state index contributed by atoms with van der Waals surface area (Å²) in [5, 5.41) is 4.64. The highest BCUT2D eigenvalue weighted by molar-refractivity contribution is 6.22. The number of hydrogen-bond donors (Lipinski definition) is 0. The van der Waals surface area contributed by atoms with Crippen molar-refractivity contribution in [3.8, 4) is 50.2 Å². The van der Waals surface area contributed by atoms with Gasteiger partial charge in [0, 0.05) is 33.2 Å². The second-order valence-electron chi connectivity index (χ2n) is 15.2. The normalized spacial score (nSPS) is 13.4. The Bertz CT molecular complexity index is 3310. The highest BCUT2D eigenvalue weighted by atomic mass is 16.3. The van der Waals surface area contributed by atoms with Crippen LogP contribution >= 0.6 is 0 Å². The molecule has 0 N–H and O–H groups in total. The summed E-state index contributed by atoms with van der Waals surface area (Å²) in [6, 6.07) is 75.1. The summed E-state index contributed by atoms with van der Waals surface area (Å²) in [7, 11) is 0. The first-order valence-electron chi connectivity index (χ1n) is 19.7. The van der Waals surface area contributed by atoms with Gasteiger partial charge >= 0.3 is 0 Å². The van der Waals surface area contributed by atoms with Crippen LogP contribution in [0.25, 0.3) is 93.9 Å². The van der Waals surface area contributed by atoms with Crippen LogP contribution in [0.3, 0.4) is 0 Å². The van der Waals surface area contributed by atoms with Crippen LogP contribution in [0.4, 0.5) is 0 Å². The largest absolute Gasteiger partial charge is 0.454 e. The first kappa shape index (κ1) is 31.9. The number of fused-ring (bicyclic) bond motifs is 10. The number of para-hydroxylation sites is 1. The Morgan fingerprint density at radius 1 is 0.368 bits per heavy atom. The van der Waals surface area contributed by atoms with Crippen LogP contribution in [-0.2, 0) is 0 Å². The molecule has 2 nitrogen and oxygen atoms in total. The van der Waals surface area contributed by atoms with Gasteiger partial charge in [-0.15, -0.1) is 0 Å². The highest BCUT2D eigenvalue weighted by Crippen LogP contribution is 2.50. The van der Waals surface area contributed by atoms with Crippen LogP contribution in [0.15, 0.2) is 211 Å². The molecule has 12 rings (SSSR count). The molecule has 0 saturated heterocycles. The molecule has 0 amide bonds. The summed E-state index contributed by atoms with van der Waals surface area (Å²) in [6.45, 7) is 0. The first-order valence-corrected chi connectivity index (χ1v) is 19.7. The fourth-order valence-corrected chi connectivity index (χ4v) is 9.40. The summed E-state index contributed by atoms with van der Waals surface area (Å²) in [4.78, 5) is 0. The second-order valence-corrected chi connectivity index (χ2v) is 15.2. The molecule has 0 spiro atoms. The molecule has 1 aliphatic rings. The lowest BCUT2D eigenvalue weighted by atomic mass is 9.88. The first-order chi connectivity index (χ1) is 28.3. The minimum absolute atomic E-state index is 0.190. The maximum absolute atomic E-state index is 6.70. The summed E-state index contributed by atoms with van der Waals surface area (Å²) in [5.41, 5.74) is 19.1. The van der Waals surface area contributed by atoms with Crippen molar-refractivity contribution < 1.29 is 4.42 Å². The van der Waals surface area contributed by atoms with Gasteiger partial charge < -0.3 is 8.98 Å². The highest BCUT2D eigenvalue weighted by Gasteiger charge is 2.30. The van der Waals surface area contributed by atoms with Crippen molar-refractivity contribution in [2.45, 2.75) is 5.92 Å². The number of nitrogens with zero attached hydrogens (tertiary/aromatic N) is 1. The molecule has 0 radical (unpaired) electrons. The van der Waals surface area contributed by atoms with E-state index >= 15 is 0 Å². The molecule has 1 unspecified atom stereocenters. The fourth-order valence-electron chi connectivity index (χ4n) is 9.40. The second kappa shape index (κ2) is 12.6. The van der Waals surface area contributed by atoms with Gasteiger partial charge in [-0.1, -0.05) is 164 Å². The van der Waals surface area contributed by atoms with Crippen molar-refractivity contribution in [2.75, 3.05) is 0 Å². The molecule has 0 fully saturated rings. The van der Waals surface area contributed by atoms with Crippen molar-refractivity contribution in [1.29, 1.82) is 0 Å². The third-order valence-corrected chi connectivity index (χ3v) is 12.1. The zero-order valence-electron chi connectivity index (χ0n) is 31.1. The van der Waals surface area contributed by atoms with E-state index in [9.17, 15) is 0 Å². The monoisotopic (exact) mass is 725 g/mol. The van der Waals surface area contributed by atoms with Gasteiger partial charge in [-0.25, -0.2) is 0 Å². The van der Waals surface area contributed by atoms with Gasteiger partial charge in [-0.3, -0.25) is 0 Å². The third-order valence-electron chi connectivity index (χ3n) is 12.1. The van der Waals surface area contributed by atoms with Crippen molar-refractivity contribution in [2.24, 2.45) is 0 Å². The zero-order valence-corrected chi connectivity index (χ0v) is 31.1. The van der Waals surface area contributed by atoms with Crippen molar-refractivity contribution in [3.63, 3.8) is 0 Å². The topological polar surface area (TPSA) is 18.1 Å². The maximum atomic E-state index is 6.70. The van der Waals surface area contributed by atoms with E-state index in [0.29, 0.717) is 0 Å². The molecular formula is C55H35NO. The summed E-state index contributed by atoms with van der Waals surface area (Å²) in [5.74, 6) is 0.190. The fraction of sp³-hybridized carbons (Fsp3) is 0.0182. The van der Waals surface area contributed by atoms with Gasteiger partial charge in [-0.05, 0) is 104 Å². The molecule has 1 atom stereocenters. The lowest BCUT2D eigenvalue weighted by molar-refractivity contribution is 0.671. The van der Waals surface area contributed by atoms with Crippen LogP contribution in [0.1, 0.15) is 22.6 Å². The molecule has 11 aromatic rings. The maximum Gasteiger partial charge on any atom is 0.160 e. The molecule has 2 heterocycles. The quantitative estimate of drug-likeness (QED) is 0.173. The van der Waals surface area contributed by atoms with E-state index in [1.807, 2.05) is 6.07 Å². The molecule has 2 heteroatoms. The number of benzene rings is 9. The van der Waals surface area contributed by atoms with Crippen LogP contribution in [-0.4, -0.2) is 4.57 Å². The molecule has 0 saturated carbocycles. The Labute approximate surface area is 330 Å². The van der Waals surface area contributed by atoms with Crippen LogP contribution in [0.2, 0.25) is 0 Å². The summed E-state index contributed by atoms with van der Waals surface area (Å²) < 4.78 is 9.09. The number of hydrogen-bond acceptors (Lipinski definition) is 1. The van der Waals surface area contributed by atoms with Gasteiger partial charge in [0.05, 0.1) is 11.0 Å². The third kappa shape index (κ3) is 4.97. The molecular weight excluding hydrogens is 691 g/mol. The van der Waals surface area contributed by atoms with E-state index in [4.69, 9.17) is 4.42 Å². The minimum atomic E-state index is 0.190. The molecule has 9 aromatic carbocycles. The van der Waals surface area contributed by atoms with Gasteiger partial charge in [0.2, 0.25) is 0 Å². The molecule has 57 heavy (non-hydrogen) atoms.